The summed E-state index contributed by atoms with van der Waals surface area (Å²) in [5.74, 6) is -0.571. The normalized spacial score (nSPS) is 11.5. The quantitative estimate of drug-likeness (QED) is 0.812. The highest BCUT2D eigenvalue weighted by Crippen LogP contribution is 2.17. The van der Waals surface area contributed by atoms with E-state index in [4.69, 9.17) is 4.74 Å². The molecule has 2 rings (SSSR count). The standard InChI is InChI=1S/C19H21FN2O3/c1-3-25-17-7-5-4-6-16(17)19(24)21-12-18(23)22-13(2)14-8-10-15(20)11-9-14/h4-11,13H,3,12H2,1-2H3,(H,21,24)(H,22,23). The van der Waals surface area contributed by atoms with Crippen LogP contribution in [0.4, 0.5) is 4.39 Å². The predicted molar refractivity (Wildman–Crippen MR) is 92.9 cm³/mol. The molecule has 0 fully saturated rings. The van der Waals surface area contributed by atoms with E-state index in [9.17, 15) is 14.0 Å². The summed E-state index contributed by atoms with van der Waals surface area (Å²) in [5.41, 5.74) is 1.16. The molecule has 6 heteroatoms. The molecule has 2 aromatic rings. The SMILES string of the molecule is CCOc1ccccc1C(=O)NCC(=O)NC(C)c1ccc(F)cc1. The molecule has 0 heterocycles. The topological polar surface area (TPSA) is 67.4 Å². The molecule has 2 N–H and O–H groups in total. The molecule has 0 aliphatic heterocycles. The summed E-state index contributed by atoms with van der Waals surface area (Å²) in [6.07, 6.45) is 0. The van der Waals surface area contributed by atoms with E-state index < -0.39 is 0 Å². The van der Waals surface area contributed by atoms with Gasteiger partial charge in [0.2, 0.25) is 5.91 Å². The summed E-state index contributed by atoms with van der Waals surface area (Å²) < 4.78 is 18.3. The van der Waals surface area contributed by atoms with Crippen molar-refractivity contribution in [3.8, 4) is 5.75 Å². The average Bonchev–Trinajstić information content (AvgIpc) is 2.61. The minimum atomic E-state index is -0.381. The minimum Gasteiger partial charge on any atom is -0.493 e. The Hall–Kier alpha value is -2.89. The number of benzene rings is 2. The molecule has 0 spiro atoms. The number of carbonyl (C=O) groups is 2. The lowest BCUT2D eigenvalue weighted by molar-refractivity contribution is -0.120. The largest absolute Gasteiger partial charge is 0.493 e. The molecule has 0 aromatic heterocycles. The molecule has 0 bridgehead atoms. The number of halogens is 1. The van der Waals surface area contributed by atoms with Crippen molar-refractivity contribution in [3.63, 3.8) is 0 Å². The Morgan fingerprint density at radius 1 is 1.12 bits per heavy atom. The van der Waals surface area contributed by atoms with E-state index in [0.717, 1.165) is 5.56 Å². The first-order valence-corrected chi connectivity index (χ1v) is 8.06. The Kier molecular flexibility index (Phi) is 6.51. The summed E-state index contributed by atoms with van der Waals surface area (Å²) >= 11 is 0. The van der Waals surface area contributed by atoms with E-state index in [0.29, 0.717) is 17.9 Å². The molecule has 25 heavy (non-hydrogen) atoms. The van der Waals surface area contributed by atoms with Crippen LogP contribution in [0, 0.1) is 5.82 Å². The van der Waals surface area contributed by atoms with Crippen LogP contribution in [0.5, 0.6) is 5.75 Å². The third-order valence-electron chi connectivity index (χ3n) is 3.59. The van der Waals surface area contributed by atoms with E-state index in [1.54, 1.807) is 43.3 Å². The van der Waals surface area contributed by atoms with E-state index in [-0.39, 0.29) is 30.2 Å². The van der Waals surface area contributed by atoms with Gasteiger partial charge in [-0.1, -0.05) is 24.3 Å². The van der Waals surface area contributed by atoms with E-state index in [1.165, 1.54) is 12.1 Å². The van der Waals surface area contributed by atoms with Crippen LogP contribution < -0.4 is 15.4 Å². The van der Waals surface area contributed by atoms with Gasteiger partial charge in [0, 0.05) is 0 Å². The van der Waals surface area contributed by atoms with Crippen LogP contribution in [0.3, 0.4) is 0 Å². The molecule has 132 valence electrons. The lowest BCUT2D eigenvalue weighted by Crippen LogP contribution is -2.38. The van der Waals surface area contributed by atoms with Crippen molar-refractivity contribution in [1.29, 1.82) is 0 Å². The molecule has 0 saturated carbocycles. The first kappa shape index (κ1) is 18.4. The van der Waals surface area contributed by atoms with Gasteiger partial charge in [0.25, 0.3) is 5.91 Å². The van der Waals surface area contributed by atoms with Crippen molar-refractivity contribution in [2.45, 2.75) is 19.9 Å². The predicted octanol–water partition coefficient (Wildman–Crippen LogP) is 2.83. The monoisotopic (exact) mass is 344 g/mol. The molecule has 2 amide bonds. The summed E-state index contributed by atoms with van der Waals surface area (Å²) in [6.45, 7) is 3.90. The van der Waals surface area contributed by atoms with Gasteiger partial charge < -0.3 is 15.4 Å². The lowest BCUT2D eigenvalue weighted by atomic mass is 10.1. The lowest BCUT2D eigenvalue weighted by Gasteiger charge is -2.15. The van der Waals surface area contributed by atoms with Gasteiger partial charge in [-0.25, -0.2) is 4.39 Å². The van der Waals surface area contributed by atoms with E-state index in [2.05, 4.69) is 10.6 Å². The zero-order valence-electron chi connectivity index (χ0n) is 14.2. The molecule has 2 aromatic carbocycles. The average molecular weight is 344 g/mol. The number of para-hydroxylation sites is 1. The van der Waals surface area contributed by atoms with Crippen molar-refractivity contribution in [1.82, 2.24) is 10.6 Å². The Balaban J connectivity index is 1.89. The van der Waals surface area contributed by atoms with Gasteiger partial charge in [-0.2, -0.15) is 0 Å². The van der Waals surface area contributed by atoms with Crippen LogP contribution in [-0.2, 0) is 4.79 Å². The van der Waals surface area contributed by atoms with Gasteiger partial charge >= 0.3 is 0 Å². The number of rotatable bonds is 7. The maximum absolute atomic E-state index is 12.9. The number of hydrogen-bond acceptors (Lipinski definition) is 3. The molecule has 5 nitrogen and oxygen atoms in total. The number of amides is 2. The van der Waals surface area contributed by atoms with Crippen LogP contribution in [0.1, 0.15) is 35.8 Å². The molecule has 0 aliphatic rings. The summed E-state index contributed by atoms with van der Waals surface area (Å²) in [4.78, 5) is 24.2. The first-order chi connectivity index (χ1) is 12.0. The smallest absolute Gasteiger partial charge is 0.255 e. The van der Waals surface area contributed by atoms with Crippen molar-refractivity contribution >= 4 is 11.8 Å². The number of carbonyl (C=O) groups excluding carboxylic acids is 2. The number of hydrogen-bond donors (Lipinski definition) is 2. The molecule has 0 radical (unpaired) electrons. The molecule has 1 atom stereocenters. The van der Waals surface area contributed by atoms with Gasteiger partial charge in [0.05, 0.1) is 24.8 Å². The molecular formula is C19H21FN2O3. The molecule has 1 unspecified atom stereocenters. The Bertz CT molecular complexity index is 732. The maximum atomic E-state index is 12.9. The fourth-order valence-electron chi connectivity index (χ4n) is 2.32. The van der Waals surface area contributed by atoms with Crippen LogP contribution in [-0.4, -0.2) is 25.0 Å². The van der Waals surface area contributed by atoms with Crippen LogP contribution >= 0.6 is 0 Å². The van der Waals surface area contributed by atoms with Crippen molar-refractivity contribution < 1.29 is 18.7 Å². The number of nitrogens with one attached hydrogen (secondary N) is 2. The highest BCUT2D eigenvalue weighted by atomic mass is 19.1. The van der Waals surface area contributed by atoms with Gasteiger partial charge in [-0.05, 0) is 43.7 Å². The van der Waals surface area contributed by atoms with Crippen molar-refractivity contribution in [3.05, 3.63) is 65.5 Å². The zero-order chi connectivity index (χ0) is 18.2. The fourth-order valence-corrected chi connectivity index (χ4v) is 2.32. The third kappa shape index (κ3) is 5.31. The van der Waals surface area contributed by atoms with Gasteiger partial charge in [-0.3, -0.25) is 9.59 Å². The number of ether oxygens (including phenoxy) is 1. The van der Waals surface area contributed by atoms with Crippen molar-refractivity contribution in [2.24, 2.45) is 0 Å². The van der Waals surface area contributed by atoms with E-state index >= 15 is 0 Å². The van der Waals surface area contributed by atoms with Crippen molar-refractivity contribution in [2.75, 3.05) is 13.2 Å². The highest BCUT2D eigenvalue weighted by molar-refractivity contribution is 5.98. The molecule has 0 aliphatic carbocycles. The fraction of sp³-hybridized carbons (Fsp3) is 0.263. The Morgan fingerprint density at radius 3 is 2.48 bits per heavy atom. The molecule has 0 saturated heterocycles. The third-order valence-corrected chi connectivity index (χ3v) is 3.59. The first-order valence-electron chi connectivity index (χ1n) is 8.06. The second kappa shape index (κ2) is 8.82. The maximum Gasteiger partial charge on any atom is 0.255 e. The van der Waals surface area contributed by atoms with Crippen LogP contribution in [0.2, 0.25) is 0 Å². The summed E-state index contributed by atoms with van der Waals surface area (Å²) in [7, 11) is 0. The van der Waals surface area contributed by atoms with Crippen LogP contribution in [0.15, 0.2) is 48.5 Å². The Labute approximate surface area is 146 Å². The minimum absolute atomic E-state index is 0.162. The zero-order valence-corrected chi connectivity index (χ0v) is 14.2. The van der Waals surface area contributed by atoms with Gasteiger partial charge in [0.1, 0.15) is 11.6 Å². The molecular weight excluding hydrogens is 323 g/mol. The second-order valence-corrected chi connectivity index (χ2v) is 5.45. The van der Waals surface area contributed by atoms with E-state index in [1.807, 2.05) is 6.92 Å². The summed E-state index contributed by atoms with van der Waals surface area (Å²) in [5, 5.41) is 5.33. The van der Waals surface area contributed by atoms with Gasteiger partial charge in [-0.15, -0.1) is 0 Å². The highest BCUT2D eigenvalue weighted by Gasteiger charge is 2.14. The van der Waals surface area contributed by atoms with Crippen LogP contribution in [0.25, 0.3) is 0 Å². The van der Waals surface area contributed by atoms with Gasteiger partial charge in [0.15, 0.2) is 0 Å². The Morgan fingerprint density at radius 2 is 1.80 bits per heavy atom. The second-order valence-electron chi connectivity index (χ2n) is 5.45. The summed E-state index contributed by atoms with van der Waals surface area (Å²) in [6, 6.07) is 12.4.